The Balaban J connectivity index is 0.00000625. The summed E-state index contributed by atoms with van der Waals surface area (Å²) in [6.45, 7) is 7.18. The van der Waals surface area contributed by atoms with Crippen LogP contribution in [0.2, 0.25) is 0 Å². The highest BCUT2D eigenvalue weighted by Crippen LogP contribution is 2.29. The van der Waals surface area contributed by atoms with Crippen LogP contribution in [0, 0.1) is 11.8 Å². The average molecular weight is 483 g/mol. The molecule has 0 aliphatic heterocycles. The number of benzene rings is 1. The van der Waals surface area contributed by atoms with Crippen molar-refractivity contribution in [2.75, 3.05) is 26.7 Å². The quantitative estimate of drug-likeness (QED) is 0.291. The molecule has 0 spiro atoms. The molecule has 4 nitrogen and oxygen atoms in total. The smallest absolute Gasteiger partial charge is 0.377 e. The minimum absolute atomic E-state index is 0. The zero-order valence-corrected chi connectivity index (χ0v) is 17.7. The van der Waals surface area contributed by atoms with Crippen LogP contribution in [-0.4, -0.2) is 38.3 Å². The van der Waals surface area contributed by atoms with Crippen LogP contribution in [0.4, 0.5) is 13.2 Å². The molecule has 0 atom stereocenters. The average Bonchev–Trinajstić information content (AvgIpc) is 2.56. The fourth-order valence-corrected chi connectivity index (χ4v) is 1.72. The summed E-state index contributed by atoms with van der Waals surface area (Å²) in [5.74, 6) is 6.09. The highest BCUT2D eigenvalue weighted by molar-refractivity contribution is 14.0. The summed E-state index contributed by atoms with van der Waals surface area (Å²) >= 11 is 0. The summed E-state index contributed by atoms with van der Waals surface area (Å²) < 4.78 is 43.3. The normalized spacial score (nSPS) is 11.9. The van der Waals surface area contributed by atoms with Crippen molar-refractivity contribution >= 4 is 29.9 Å². The third kappa shape index (κ3) is 9.29. The van der Waals surface area contributed by atoms with Crippen molar-refractivity contribution in [1.82, 2.24) is 10.6 Å². The Morgan fingerprint density at radius 2 is 1.92 bits per heavy atom. The molecule has 0 saturated heterocycles. The van der Waals surface area contributed by atoms with E-state index in [1.54, 1.807) is 13.2 Å². The number of guanidine groups is 1. The van der Waals surface area contributed by atoms with Gasteiger partial charge in [0.25, 0.3) is 0 Å². The molecular formula is C18H25F3IN3O. The van der Waals surface area contributed by atoms with Gasteiger partial charge >= 0.3 is 6.18 Å². The van der Waals surface area contributed by atoms with Crippen LogP contribution in [0.1, 0.15) is 31.9 Å². The minimum Gasteiger partial charge on any atom is -0.377 e. The summed E-state index contributed by atoms with van der Waals surface area (Å²) in [5.41, 5.74) is -0.769. The molecule has 0 bridgehead atoms. The van der Waals surface area contributed by atoms with Crippen molar-refractivity contribution in [3.63, 3.8) is 0 Å². The van der Waals surface area contributed by atoms with Gasteiger partial charge in [-0.1, -0.05) is 17.9 Å². The van der Waals surface area contributed by atoms with Gasteiger partial charge in [-0.2, -0.15) is 13.2 Å². The highest BCUT2D eigenvalue weighted by atomic mass is 127. The lowest BCUT2D eigenvalue weighted by molar-refractivity contribution is -0.137. The maximum Gasteiger partial charge on any atom is 0.416 e. The van der Waals surface area contributed by atoms with Gasteiger partial charge in [-0.3, -0.25) is 4.99 Å². The first-order valence-electron chi connectivity index (χ1n) is 7.91. The fraction of sp³-hybridized carbons (Fsp3) is 0.500. The van der Waals surface area contributed by atoms with Gasteiger partial charge in [-0.15, -0.1) is 24.0 Å². The summed E-state index contributed by atoms with van der Waals surface area (Å²) in [5, 5.41) is 6.09. The van der Waals surface area contributed by atoms with E-state index in [2.05, 4.69) is 27.5 Å². The second-order valence-corrected chi connectivity index (χ2v) is 5.89. The Labute approximate surface area is 170 Å². The first-order chi connectivity index (χ1) is 11.7. The van der Waals surface area contributed by atoms with E-state index in [0.717, 1.165) is 12.1 Å². The molecule has 1 aromatic rings. The molecule has 0 fully saturated rings. The van der Waals surface area contributed by atoms with Crippen LogP contribution in [0.15, 0.2) is 29.3 Å². The molecule has 0 aliphatic rings. The molecule has 0 saturated carbocycles. The van der Waals surface area contributed by atoms with Crippen LogP contribution >= 0.6 is 24.0 Å². The predicted octanol–water partition coefficient (Wildman–Crippen LogP) is 3.66. The topological polar surface area (TPSA) is 45.7 Å². The molecule has 2 N–H and O–H groups in total. The predicted molar refractivity (Wildman–Crippen MR) is 109 cm³/mol. The van der Waals surface area contributed by atoms with E-state index in [9.17, 15) is 13.2 Å². The standard InChI is InChI=1S/C18H24F3N3O.HI/c1-5-22-16(24-13-17(2,3)25-4)23-11-7-9-14-8-6-10-15(12-14)18(19,20)21;/h6,8,10,12H,5,11,13H2,1-4H3,(H2,22,23,24);1H. The summed E-state index contributed by atoms with van der Waals surface area (Å²) in [6, 6.07) is 4.95. The van der Waals surface area contributed by atoms with Gasteiger partial charge in [0.15, 0.2) is 5.96 Å². The minimum atomic E-state index is -4.37. The van der Waals surface area contributed by atoms with Gasteiger partial charge in [0.05, 0.1) is 24.3 Å². The molecule has 146 valence electrons. The van der Waals surface area contributed by atoms with E-state index in [1.807, 2.05) is 20.8 Å². The number of rotatable bonds is 5. The molecule has 1 rings (SSSR count). The lowest BCUT2D eigenvalue weighted by Gasteiger charge is -2.21. The van der Waals surface area contributed by atoms with Crippen molar-refractivity contribution in [3.05, 3.63) is 35.4 Å². The maximum absolute atomic E-state index is 12.7. The Morgan fingerprint density at radius 3 is 2.50 bits per heavy atom. The zero-order valence-electron chi connectivity index (χ0n) is 15.3. The van der Waals surface area contributed by atoms with Crippen LogP contribution in [-0.2, 0) is 10.9 Å². The Morgan fingerprint density at radius 1 is 1.23 bits per heavy atom. The van der Waals surface area contributed by atoms with Crippen molar-refractivity contribution in [1.29, 1.82) is 0 Å². The molecule has 0 radical (unpaired) electrons. The van der Waals surface area contributed by atoms with Gasteiger partial charge in [-0.05, 0) is 39.0 Å². The third-order valence-corrected chi connectivity index (χ3v) is 3.28. The molecule has 8 heteroatoms. The van der Waals surface area contributed by atoms with E-state index in [4.69, 9.17) is 4.74 Å². The fourth-order valence-electron chi connectivity index (χ4n) is 1.72. The summed E-state index contributed by atoms with van der Waals surface area (Å²) in [6.07, 6.45) is -4.37. The van der Waals surface area contributed by atoms with Crippen molar-refractivity contribution in [3.8, 4) is 11.8 Å². The van der Waals surface area contributed by atoms with Gasteiger partial charge < -0.3 is 15.4 Å². The maximum atomic E-state index is 12.7. The third-order valence-electron chi connectivity index (χ3n) is 3.28. The van der Waals surface area contributed by atoms with Gasteiger partial charge in [0, 0.05) is 19.2 Å². The SMILES string of the molecule is CCNC(=NCC(C)(C)OC)NCC#Cc1cccc(C(F)(F)F)c1.I. The van der Waals surface area contributed by atoms with Crippen LogP contribution in [0.25, 0.3) is 0 Å². The number of nitrogens with one attached hydrogen (secondary N) is 2. The van der Waals surface area contributed by atoms with E-state index in [0.29, 0.717) is 24.6 Å². The monoisotopic (exact) mass is 483 g/mol. The number of alkyl halides is 3. The second-order valence-electron chi connectivity index (χ2n) is 5.89. The first-order valence-corrected chi connectivity index (χ1v) is 7.91. The first kappa shape index (κ1) is 24.5. The molecule has 1 aromatic carbocycles. The number of hydrogen-bond acceptors (Lipinski definition) is 2. The van der Waals surface area contributed by atoms with Gasteiger partial charge in [-0.25, -0.2) is 0 Å². The van der Waals surface area contributed by atoms with Gasteiger partial charge in [0.2, 0.25) is 0 Å². The summed E-state index contributed by atoms with van der Waals surface area (Å²) in [7, 11) is 1.62. The number of nitrogens with zero attached hydrogens (tertiary/aromatic N) is 1. The molecule has 0 amide bonds. The van der Waals surface area contributed by atoms with E-state index >= 15 is 0 Å². The molecule has 0 heterocycles. The number of methoxy groups -OCH3 is 1. The number of ether oxygens (including phenoxy) is 1. The van der Waals surface area contributed by atoms with Crippen molar-refractivity contribution < 1.29 is 17.9 Å². The molecular weight excluding hydrogens is 458 g/mol. The van der Waals surface area contributed by atoms with E-state index in [1.165, 1.54) is 6.07 Å². The Kier molecular flexibility index (Phi) is 10.6. The largest absolute Gasteiger partial charge is 0.416 e. The Hall–Kier alpha value is -1.47. The molecule has 0 unspecified atom stereocenters. The highest BCUT2D eigenvalue weighted by Gasteiger charge is 2.30. The van der Waals surface area contributed by atoms with Crippen molar-refractivity contribution in [2.45, 2.75) is 32.5 Å². The molecule has 26 heavy (non-hydrogen) atoms. The number of aliphatic imine (C=N–C) groups is 1. The Bertz CT molecular complexity index is 649. The summed E-state index contributed by atoms with van der Waals surface area (Å²) in [4.78, 5) is 4.40. The molecule has 0 aromatic heterocycles. The number of halogens is 4. The van der Waals surface area contributed by atoms with Crippen molar-refractivity contribution in [2.24, 2.45) is 4.99 Å². The van der Waals surface area contributed by atoms with Crippen LogP contribution in [0.3, 0.4) is 0 Å². The lowest BCUT2D eigenvalue weighted by atomic mass is 10.1. The van der Waals surface area contributed by atoms with Crippen LogP contribution in [0.5, 0.6) is 0 Å². The van der Waals surface area contributed by atoms with E-state index in [-0.39, 0.29) is 36.1 Å². The lowest BCUT2D eigenvalue weighted by Crippen LogP contribution is -2.39. The molecule has 0 aliphatic carbocycles. The van der Waals surface area contributed by atoms with Gasteiger partial charge in [0.1, 0.15) is 0 Å². The number of hydrogen-bond donors (Lipinski definition) is 2. The second kappa shape index (κ2) is 11.3. The zero-order chi connectivity index (χ0) is 18.9. The van der Waals surface area contributed by atoms with Crippen LogP contribution < -0.4 is 10.6 Å². The van der Waals surface area contributed by atoms with E-state index < -0.39 is 11.7 Å².